The number of nitrogens with zero attached hydrogens (tertiary/aromatic N) is 1. The molecular weight excluding hydrogens is 268 g/mol. The Kier molecular flexibility index (Phi) is 3.86. The van der Waals surface area contributed by atoms with Gasteiger partial charge in [-0.1, -0.05) is 0 Å². The van der Waals surface area contributed by atoms with Gasteiger partial charge in [0, 0.05) is 25.2 Å². The quantitative estimate of drug-likeness (QED) is 0.837. The van der Waals surface area contributed by atoms with Crippen molar-refractivity contribution >= 4 is 15.7 Å². The van der Waals surface area contributed by atoms with E-state index >= 15 is 0 Å². The molecule has 2 N–H and O–H groups in total. The summed E-state index contributed by atoms with van der Waals surface area (Å²) >= 11 is 0. The number of ether oxygens (including phenoxy) is 2. The SMILES string of the molecule is COc1cc(N)c(S(=O)(=O)N2CCCC2)cc1OC. The molecule has 2 rings (SSSR count). The van der Waals surface area contributed by atoms with Crippen LogP contribution in [0.5, 0.6) is 11.5 Å². The molecule has 0 bridgehead atoms. The first kappa shape index (κ1) is 14.0. The van der Waals surface area contributed by atoms with Crippen LogP contribution in [0.3, 0.4) is 0 Å². The number of sulfonamides is 1. The number of nitrogen functional groups attached to an aromatic ring is 1. The van der Waals surface area contributed by atoms with Gasteiger partial charge in [-0.15, -0.1) is 0 Å². The molecule has 0 radical (unpaired) electrons. The van der Waals surface area contributed by atoms with Gasteiger partial charge in [-0.05, 0) is 12.8 Å². The molecule has 1 aliphatic rings. The third kappa shape index (κ3) is 2.48. The second-order valence-corrected chi connectivity index (χ2v) is 6.26. The van der Waals surface area contributed by atoms with Gasteiger partial charge in [0.2, 0.25) is 10.0 Å². The molecule has 0 amide bonds. The molecule has 0 saturated carbocycles. The Labute approximate surface area is 113 Å². The summed E-state index contributed by atoms with van der Waals surface area (Å²) in [7, 11) is -0.617. The van der Waals surface area contributed by atoms with Crippen molar-refractivity contribution < 1.29 is 17.9 Å². The first-order valence-electron chi connectivity index (χ1n) is 6.02. The van der Waals surface area contributed by atoms with Crippen molar-refractivity contribution in [1.29, 1.82) is 0 Å². The fraction of sp³-hybridized carbons (Fsp3) is 0.500. The van der Waals surface area contributed by atoms with E-state index in [1.165, 1.54) is 30.7 Å². The monoisotopic (exact) mass is 286 g/mol. The summed E-state index contributed by atoms with van der Waals surface area (Å²) in [5.74, 6) is 0.773. The number of hydrogen-bond donors (Lipinski definition) is 1. The number of rotatable bonds is 4. The van der Waals surface area contributed by atoms with Crippen molar-refractivity contribution in [3.05, 3.63) is 12.1 Å². The molecule has 106 valence electrons. The van der Waals surface area contributed by atoms with Crippen LogP contribution < -0.4 is 15.2 Å². The maximum Gasteiger partial charge on any atom is 0.245 e. The Morgan fingerprint density at radius 1 is 1.11 bits per heavy atom. The number of benzene rings is 1. The highest BCUT2D eigenvalue weighted by Gasteiger charge is 2.30. The van der Waals surface area contributed by atoms with E-state index in [4.69, 9.17) is 15.2 Å². The molecule has 1 aromatic carbocycles. The van der Waals surface area contributed by atoms with Crippen molar-refractivity contribution in [3.63, 3.8) is 0 Å². The fourth-order valence-corrected chi connectivity index (χ4v) is 3.80. The van der Waals surface area contributed by atoms with Crippen LogP contribution in [0, 0.1) is 0 Å². The molecule has 0 aliphatic carbocycles. The van der Waals surface area contributed by atoms with Gasteiger partial charge in [-0.25, -0.2) is 8.42 Å². The van der Waals surface area contributed by atoms with E-state index in [0.717, 1.165) is 12.8 Å². The van der Waals surface area contributed by atoms with E-state index in [9.17, 15) is 8.42 Å². The van der Waals surface area contributed by atoms with E-state index in [-0.39, 0.29) is 10.6 Å². The minimum Gasteiger partial charge on any atom is -0.493 e. The van der Waals surface area contributed by atoms with Gasteiger partial charge >= 0.3 is 0 Å². The highest BCUT2D eigenvalue weighted by molar-refractivity contribution is 7.89. The van der Waals surface area contributed by atoms with E-state index in [2.05, 4.69) is 0 Å². The highest BCUT2D eigenvalue weighted by Crippen LogP contribution is 2.35. The first-order valence-corrected chi connectivity index (χ1v) is 7.46. The number of anilines is 1. The topological polar surface area (TPSA) is 81.9 Å². The van der Waals surface area contributed by atoms with Gasteiger partial charge in [0.05, 0.1) is 19.9 Å². The van der Waals surface area contributed by atoms with Crippen molar-refractivity contribution in [3.8, 4) is 11.5 Å². The molecule has 1 fully saturated rings. The second-order valence-electron chi connectivity index (χ2n) is 4.36. The third-order valence-electron chi connectivity index (χ3n) is 3.20. The minimum absolute atomic E-state index is 0.0760. The van der Waals surface area contributed by atoms with Gasteiger partial charge in [0.25, 0.3) is 0 Å². The average Bonchev–Trinajstić information content (AvgIpc) is 2.92. The maximum atomic E-state index is 12.5. The first-order chi connectivity index (χ1) is 9.00. The van der Waals surface area contributed by atoms with Crippen LogP contribution in [0.1, 0.15) is 12.8 Å². The summed E-state index contributed by atoms with van der Waals surface area (Å²) in [5, 5.41) is 0. The van der Waals surface area contributed by atoms with Gasteiger partial charge in [0.1, 0.15) is 4.90 Å². The van der Waals surface area contributed by atoms with Crippen molar-refractivity contribution in [2.75, 3.05) is 33.0 Å². The van der Waals surface area contributed by atoms with Crippen LogP contribution in [0.15, 0.2) is 17.0 Å². The van der Waals surface area contributed by atoms with Gasteiger partial charge in [-0.2, -0.15) is 4.31 Å². The van der Waals surface area contributed by atoms with Crippen LogP contribution in [0.25, 0.3) is 0 Å². The van der Waals surface area contributed by atoms with Gasteiger partial charge < -0.3 is 15.2 Å². The lowest BCUT2D eigenvalue weighted by molar-refractivity contribution is 0.354. The average molecular weight is 286 g/mol. The minimum atomic E-state index is -3.55. The van der Waals surface area contributed by atoms with Crippen LogP contribution >= 0.6 is 0 Å². The lowest BCUT2D eigenvalue weighted by atomic mass is 10.3. The van der Waals surface area contributed by atoms with Crippen molar-refractivity contribution in [2.45, 2.75) is 17.7 Å². The van der Waals surface area contributed by atoms with E-state index in [1.807, 2.05) is 0 Å². The zero-order valence-corrected chi connectivity index (χ0v) is 11.9. The molecule has 1 aliphatic heterocycles. The Morgan fingerprint density at radius 3 is 2.16 bits per heavy atom. The molecular formula is C12H18N2O4S. The molecule has 6 nitrogen and oxygen atoms in total. The predicted octanol–water partition coefficient (Wildman–Crippen LogP) is 1.07. The van der Waals surface area contributed by atoms with E-state index < -0.39 is 10.0 Å². The third-order valence-corrected chi connectivity index (χ3v) is 5.15. The summed E-state index contributed by atoms with van der Waals surface area (Å²) in [6, 6.07) is 2.89. The van der Waals surface area contributed by atoms with Crippen LogP contribution in [0.4, 0.5) is 5.69 Å². The predicted molar refractivity (Wildman–Crippen MR) is 72.0 cm³/mol. The molecule has 1 aromatic rings. The van der Waals surface area contributed by atoms with E-state index in [0.29, 0.717) is 24.6 Å². The lowest BCUT2D eigenvalue weighted by Crippen LogP contribution is -2.28. The zero-order chi connectivity index (χ0) is 14.0. The van der Waals surface area contributed by atoms with Crippen LogP contribution in [-0.4, -0.2) is 40.0 Å². The van der Waals surface area contributed by atoms with Crippen molar-refractivity contribution in [1.82, 2.24) is 4.31 Å². The highest BCUT2D eigenvalue weighted by atomic mass is 32.2. The molecule has 1 heterocycles. The molecule has 0 aromatic heterocycles. The fourth-order valence-electron chi connectivity index (χ4n) is 2.17. The number of hydrogen-bond acceptors (Lipinski definition) is 5. The number of nitrogens with two attached hydrogens (primary N) is 1. The summed E-state index contributed by atoms with van der Waals surface area (Å²) < 4.78 is 36.6. The molecule has 7 heteroatoms. The Bertz CT molecular complexity index is 565. The van der Waals surface area contributed by atoms with Crippen molar-refractivity contribution in [2.24, 2.45) is 0 Å². The normalized spacial score (nSPS) is 16.5. The van der Waals surface area contributed by atoms with E-state index in [1.54, 1.807) is 0 Å². The largest absolute Gasteiger partial charge is 0.493 e. The van der Waals surface area contributed by atoms with Gasteiger partial charge in [0.15, 0.2) is 11.5 Å². The van der Waals surface area contributed by atoms with Crippen LogP contribution in [0.2, 0.25) is 0 Å². The maximum absolute atomic E-state index is 12.5. The summed E-state index contributed by atoms with van der Waals surface area (Å²) in [5.41, 5.74) is 6.00. The molecule has 0 atom stereocenters. The zero-order valence-electron chi connectivity index (χ0n) is 11.0. The Hall–Kier alpha value is -1.47. The summed E-state index contributed by atoms with van der Waals surface area (Å²) in [4.78, 5) is 0.0760. The number of methoxy groups -OCH3 is 2. The molecule has 1 saturated heterocycles. The lowest BCUT2D eigenvalue weighted by Gasteiger charge is -2.18. The Morgan fingerprint density at radius 2 is 1.63 bits per heavy atom. The molecule has 0 spiro atoms. The summed E-state index contributed by atoms with van der Waals surface area (Å²) in [6.07, 6.45) is 1.76. The smallest absolute Gasteiger partial charge is 0.245 e. The summed E-state index contributed by atoms with van der Waals surface area (Å²) in [6.45, 7) is 1.08. The standard InChI is InChI=1S/C12H18N2O4S/c1-17-10-7-9(13)12(8-11(10)18-2)19(15,16)14-5-3-4-6-14/h7-8H,3-6,13H2,1-2H3. The Balaban J connectivity index is 2.49. The molecule has 0 unspecified atom stereocenters. The molecule has 19 heavy (non-hydrogen) atoms. The second kappa shape index (κ2) is 5.26. The van der Waals surface area contributed by atoms with Gasteiger partial charge in [-0.3, -0.25) is 0 Å². The van der Waals surface area contributed by atoms with Crippen LogP contribution in [-0.2, 0) is 10.0 Å².